The number of nitrogens with one attached hydrogen (secondary N) is 1. The summed E-state index contributed by atoms with van der Waals surface area (Å²) >= 11 is 5.15. The van der Waals surface area contributed by atoms with Gasteiger partial charge in [-0.1, -0.05) is 60.7 Å². The third-order valence-electron chi connectivity index (χ3n) is 2.97. The molecule has 0 spiro atoms. The highest BCUT2D eigenvalue weighted by Crippen LogP contribution is 2.08. The number of hydrogen-bond acceptors (Lipinski definition) is 3. The van der Waals surface area contributed by atoms with Crippen LogP contribution in [0.4, 0.5) is 0 Å². The monoisotopic (exact) mass is 311 g/mol. The van der Waals surface area contributed by atoms with Crippen LogP contribution in [0.5, 0.6) is 0 Å². The molecule has 0 radical (unpaired) electrons. The second kappa shape index (κ2) is 7.47. The average Bonchev–Trinajstić information content (AvgIpc) is 2.56. The highest BCUT2D eigenvalue weighted by molar-refractivity contribution is 7.80. The van der Waals surface area contributed by atoms with Crippen molar-refractivity contribution >= 4 is 28.8 Å². The first-order valence-electron chi connectivity index (χ1n) is 6.79. The van der Waals surface area contributed by atoms with Crippen molar-refractivity contribution in [3.63, 3.8) is 0 Å². The van der Waals surface area contributed by atoms with Crippen molar-refractivity contribution in [3.8, 4) is 0 Å². The minimum Gasteiger partial charge on any atom is -0.354 e. The van der Waals surface area contributed by atoms with E-state index in [1.54, 1.807) is 17.0 Å². The standard InChI is InChI=1S/C17H17N3OS/c1-20(2)17(22)19-18-15(13-9-5-3-6-10-13)16(21)14-11-7-4-8-12-14/h3-12H,1-2H3,(H,19,22). The molecule has 1 N–H and O–H groups in total. The van der Waals surface area contributed by atoms with Crippen molar-refractivity contribution in [2.75, 3.05) is 14.1 Å². The zero-order chi connectivity index (χ0) is 15.9. The molecule has 2 aromatic carbocycles. The first-order valence-corrected chi connectivity index (χ1v) is 7.20. The number of hydrogen-bond donors (Lipinski definition) is 1. The molecule has 0 saturated carbocycles. The number of ketones is 1. The number of thiocarbonyl (C=S) groups is 1. The van der Waals surface area contributed by atoms with Gasteiger partial charge < -0.3 is 4.90 Å². The number of carbonyl (C=O) groups is 1. The van der Waals surface area contributed by atoms with Gasteiger partial charge in [-0.3, -0.25) is 10.2 Å². The van der Waals surface area contributed by atoms with Crippen molar-refractivity contribution in [2.24, 2.45) is 5.10 Å². The maximum absolute atomic E-state index is 12.7. The maximum atomic E-state index is 12.7. The fourth-order valence-corrected chi connectivity index (χ4v) is 1.82. The van der Waals surface area contributed by atoms with Gasteiger partial charge in [0.1, 0.15) is 5.71 Å². The number of rotatable bonds is 4. The lowest BCUT2D eigenvalue weighted by Gasteiger charge is -2.13. The second-order valence-corrected chi connectivity index (χ2v) is 5.22. The predicted molar refractivity (Wildman–Crippen MR) is 93.2 cm³/mol. The van der Waals surface area contributed by atoms with Gasteiger partial charge in [-0.25, -0.2) is 0 Å². The molecule has 22 heavy (non-hydrogen) atoms. The van der Waals surface area contributed by atoms with Crippen LogP contribution in [0.3, 0.4) is 0 Å². The number of benzene rings is 2. The van der Waals surface area contributed by atoms with E-state index in [-0.39, 0.29) is 5.78 Å². The van der Waals surface area contributed by atoms with Gasteiger partial charge >= 0.3 is 0 Å². The zero-order valence-corrected chi connectivity index (χ0v) is 13.3. The number of hydrazone groups is 1. The fraction of sp³-hybridized carbons (Fsp3) is 0.118. The lowest BCUT2D eigenvalue weighted by Crippen LogP contribution is -2.32. The Labute approximate surface area is 135 Å². The molecule has 0 aliphatic heterocycles. The van der Waals surface area contributed by atoms with Gasteiger partial charge in [0.25, 0.3) is 0 Å². The summed E-state index contributed by atoms with van der Waals surface area (Å²) in [5, 5.41) is 4.66. The van der Waals surface area contributed by atoms with Crippen LogP contribution >= 0.6 is 12.2 Å². The van der Waals surface area contributed by atoms with Crippen molar-refractivity contribution in [1.82, 2.24) is 10.3 Å². The van der Waals surface area contributed by atoms with Crippen LogP contribution in [0.2, 0.25) is 0 Å². The van der Waals surface area contributed by atoms with Crippen LogP contribution in [0.1, 0.15) is 15.9 Å². The van der Waals surface area contributed by atoms with Crippen LogP contribution in [0.15, 0.2) is 65.8 Å². The Kier molecular flexibility index (Phi) is 5.38. The van der Waals surface area contributed by atoms with Gasteiger partial charge in [0.15, 0.2) is 5.11 Å². The van der Waals surface area contributed by atoms with Gasteiger partial charge in [-0.15, -0.1) is 0 Å². The van der Waals surface area contributed by atoms with Gasteiger partial charge in [-0.05, 0) is 12.2 Å². The van der Waals surface area contributed by atoms with Gasteiger partial charge in [0.05, 0.1) is 0 Å². The summed E-state index contributed by atoms with van der Waals surface area (Å²) in [5.41, 5.74) is 4.41. The maximum Gasteiger partial charge on any atom is 0.213 e. The summed E-state index contributed by atoms with van der Waals surface area (Å²) in [4.78, 5) is 14.4. The zero-order valence-electron chi connectivity index (χ0n) is 12.5. The summed E-state index contributed by atoms with van der Waals surface area (Å²) in [5.74, 6) is -0.152. The molecule has 0 unspecified atom stereocenters. The molecule has 4 nitrogen and oxygen atoms in total. The van der Waals surface area contributed by atoms with E-state index in [4.69, 9.17) is 12.2 Å². The largest absolute Gasteiger partial charge is 0.354 e. The molecular weight excluding hydrogens is 294 g/mol. The number of Topliss-reactive ketones (excluding diaryl/α,β-unsaturated/α-hetero) is 1. The van der Waals surface area contributed by atoms with Crippen LogP contribution in [0, 0.1) is 0 Å². The molecule has 0 atom stereocenters. The Bertz CT molecular complexity index is 682. The second-order valence-electron chi connectivity index (χ2n) is 4.83. The Morgan fingerprint density at radius 2 is 1.45 bits per heavy atom. The van der Waals surface area contributed by atoms with E-state index in [0.717, 1.165) is 5.56 Å². The van der Waals surface area contributed by atoms with Crippen molar-refractivity contribution in [3.05, 3.63) is 71.8 Å². The molecule has 0 saturated heterocycles. The smallest absolute Gasteiger partial charge is 0.213 e. The summed E-state index contributed by atoms with van der Waals surface area (Å²) in [6.07, 6.45) is 0. The Balaban J connectivity index is 2.36. The highest BCUT2D eigenvalue weighted by Gasteiger charge is 2.16. The fourth-order valence-electron chi connectivity index (χ4n) is 1.77. The molecule has 0 bridgehead atoms. The van der Waals surface area contributed by atoms with Crippen LogP contribution in [0.25, 0.3) is 0 Å². The molecule has 0 heterocycles. The molecule has 5 heteroatoms. The SMILES string of the molecule is CN(C)C(=S)NN=C(C(=O)c1ccccc1)c1ccccc1. The van der Waals surface area contributed by atoms with E-state index in [2.05, 4.69) is 10.5 Å². The molecule has 2 rings (SSSR count). The topological polar surface area (TPSA) is 44.7 Å². The lowest BCUT2D eigenvalue weighted by molar-refractivity contribution is 0.106. The summed E-state index contributed by atoms with van der Waals surface area (Å²) in [6, 6.07) is 18.4. The van der Waals surface area contributed by atoms with E-state index in [0.29, 0.717) is 16.4 Å². The molecule has 0 aromatic heterocycles. The molecule has 0 fully saturated rings. The van der Waals surface area contributed by atoms with Crippen LogP contribution < -0.4 is 5.43 Å². The lowest BCUT2D eigenvalue weighted by atomic mass is 10.0. The van der Waals surface area contributed by atoms with Crippen LogP contribution in [-0.4, -0.2) is 35.6 Å². The number of nitrogens with zero attached hydrogens (tertiary/aromatic N) is 2. The number of carbonyl (C=O) groups excluding carboxylic acids is 1. The third kappa shape index (κ3) is 3.99. The summed E-state index contributed by atoms with van der Waals surface area (Å²) < 4.78 is 0. The molecule has 0 amide bonds. The van der Waals surface area contributed by atoms with Gasteiger partial charge in [0, 0.05) is 25.2 Å². The molecular formula is C17H17N3OS. The predicted octanol–water partition coefficient (Wildman–Crippen LogP) is 2.71. The van der Waals surface area contributed by atoms with Crippen molar-refractivity contribution in [1.29, 1.82) is 0 Å². The van der Waals surface area contributed by atoms with E-state index in [1.165, 1.54) is 0 Å². The third-order valence-corrected chi connectivity index (χ3v) is 3.42. The van der Waals surface area contributed by atoms with Gasteiger partial charge in [0.2, 0.25) is 5.78 Å². The first-order chi connectivity index (χ1) is 10.6. The Morgan fingerprint density at radius 3 is 1.95 bits per heavy atom. The van der Waals surface area contributed by atoms with E-state index in [9.17, 15) is 4.79 Å². The average molecular weight is 311 g/mol. The quantitative estimate of drug-likeness (QED) is 0.408. The summed E-state index contributed by atoms with van der Waals surface area (Å²) in [7, 11) is 3.62. The van der Waals surface area contributed by atoms with Crippen molar-refractivity contribution < 1.29 is 4.79 Å². The minimum absolute atomic E-state index is 0.152. The van der Waals surface area contributed by atoms with E-state index >= 15 is 0 Å². The Morgan fingerprint density at radius 1 is 0.955 bits per heavy atom. The van der Waals surface area contributed by atoms with Crippen molar-refractivity contribution in [2.45, 2.75) is 0 Å². The molecule has 0 aliphatic rings. The molecule has 0 aliphatic carbocycles. The van der Waals surface area contributed by atoms with E-state index in [1.807, 2.05) is 62.6 Å². The molecule has 112 valence electrons. The minimum atomic E-state index is -0.152. The first kappa shape index (κ1) is 15.9. The summed E-state index contributed by atoms with van der Waals surface area (Å²) in [6.45, 7) is 0. The highest BCUT2D eigenvalue weighted by atomic mass is 32.1. The van der Waals surface area contributed by atoms with Gasteiger partial charge in [-0.2, -0.15) is 5.10 Å². The van der Waals surface area contributed by atoms with E-state index < -0.39 is 0 Å². The Hall–Kier alpha value is -2.53. The molecule has 2 aromatic rings. The normalized spacial score (nSPS) is 10.9. The van der Waals surface area contributed by atoms with Crippen LogP contribution in [-0.2, 0) is 0 Å².